The second-order valence-corrected chi connectivity index (χ2v) is 1.49. The van der Waals surface area contributed by atoms with Gasteiger partial charge in [-0.2, -0.15) is 13.2 Å². The molecule has 1 nitrogen and oxygen atoms in total. The van der Waals surface area contributed by atoms with E-state index in [1.165, 1.54) is 23.0 Å². The van der Waals surface area contributed by atoms with E-state index in [0.29, 0.717) is 0 Å². The predicted molar refractivity (Wildman–Crippen MR) is 26.0 cm³/mol. The molecule has 0 saturated carbocycles. The van der Waals surface area contributed by atoms with Crippen molar-refractivity contribution in [3.63, 3.8) is 0 Å². The number of hydrogen-bond donors (Lipinski definition) is 0. The summed E-state index contributed by atoms with van der Waals surface area (Å²) in [5.74, 6) is 0. The van der Waals surface area contributed by atoms with Crippen molar-refractivity contribution in [3.05, 3.63) is 0 Å². The maximum Gasteiger partial charge on any atom is 0.412 e. The summed E-state index contributed by atoms with van der Waals surface area (Å²) in [6.45, 7) is -1.17. The van der Waals surface area contributed by atoms with E-state index in [9.17, 15) is 13.2 Å². The van der Waals surface area contributed by atoms with Crippen LogP contribution in [0.3, 0.4) is 0 Å². The van der Waals surface area contributed by atoms with Crippen LogP contribution in [0.2, 0.25) is 0 Å². The van der Waals surface area contributed by atoms with Gasteiger partial charge in [0.2, 0.25) is 0 Å². The number of hydrogen-bond acceptors (Lipinski definition) is 1. The Hall–Kier alpha value is 0.480. The van der Waals surface area contributed by atoms with Crippen LogP contribution in [0.25, 0.3) is 0 Å². The van der Waals surface area contributed by atoms with E-state index in [-0.39, 0.29) is 0 Å². The molecule has 0 aromatic heterocycles. The van der Waals surface area contributed by atoms with E-state index < -0.39 is 12.8 Å². The van der Waals surface area contributed by atoms with Gasteiger partial charge >= 0.3 is 6.18 Å². The third-order valence-corrected chi connectivity index (χ3v) is 0.530. The number of rotatable bonds is 1. The van der Waals surface area contributed by atoms with Gasteiger partial charge in [-0.05, 0) is 0 Å². The zero-order valence-electron chi connectivity index (χ0n) is 3.13. The molecule has 0 radical (unpaired) electrons. The van der Waals surface area contributed by atoms with Crippen molar-refractivity contribution in [2.24, 2.45) is 0 Å². The molecule has 0 N–H and O–H groups in total. The minimum absolute atomic E-state index is 1.17. The maximum absolute atomic E-state index is 10.9. The summed E-state index contributed by atoms with van der Waals surface area (Å²) >= 11 is 1.19. The Bertz CT molecular complexity index is 51.4. The van der Waals surface area contributed by atoms with Gasteiger partial charge in [0, 0.05) is 0 Å². The van der Waals surface area contributed by atoms with Gasteiger partial charge in [-0.15, -0.1) is 0 Å². The van der Waals surface area contributed by atoms with E-state index in [2.05, 4.69) is 3.07 Å². The fourth-order valence-corrected chi connectivity index (χ4v) is 0.415. The normalized spacial score (nSPS) is 12.0. The first-order valence-corrected chi connectivity index (χ1v) is 2.24. The fourth-order valence-electron chi connectivity index (χ4n) is 0.0619. The van der Waals surface area contributed by atoms with Crippen molar-refractivity contribution < 1.29 is 16.2 Å². The first-order valence-electron chi connectivity index (χ1n) is 1.36. The van der Waals surface area contributed by atoms with Crippen LogP contribution < -0.4 is 0 Å². The number of halogens is 4. The summed E-state index contributed by atoms with van der Waals surface area (Å²) in [6.07, 6.45) is -4.18. The fraction of sp³-hybridized carbons (Fsp3) is 1.00. The molecular weight excluding hydrogens is 224 g/mol. The van der Waals surface area contributed by atoms with Crippen LogP contribution in [0.4, 0.5) is 13.2 Å². The van der Waals surface area contributed by atoms with Gasteiger partial charge in [-0.25, -0.2) is 0 Å². The first kappa shape index (κ1) is 7.48. The SMILES string of the molecule is FC(F)(F)COI. The lowest BCUT2D eigenvalue weighted by atomic mass is 10.7. The van der Waals surface area contributed by atoms with Crippen LogP contribution in [-0.4, -0.2) is 12.8 Å². The molecule has 0 fully saturated rings. The lowest BCUT2D eigenvalue weighted by Gasteiger charge is -1.99. The molecule has 0 aromatic carbocycles. The molecule has 44 valence electrons. The van der Waals surface area contributed by atoms with E-state index >= 15 is 0 Å². The smallest absolute Gasteiger partial charge is 0.306 e. The number of alkyl halides is 3. The second kappa shape index (κ2) is 2.71. The molecule has 7 heavy (non-hydrogen) atoms. The molecule has 0 aliphatic carbocycles. The minimum atomic E-state index is -4.18. The highest BCUT2D eigenvalue weighted by molar-refractivity contribution is 14.1. The van der Waals surface area contributed by atoms with Gasteiger partial charge in [0.15, 0.2) is 6.61 Å². The van der Waals surface area contributed by atoms with Crippen LogP contribution in [0.5, 0.6) is 0 Å². The Labute approximate surface area is 52.5 Å². The molecule has 0 atom stereocenters. The zero-order valence-corrected chi connectivity index (χ0v) is 5.28. The summed E-state index contributed by atoms with van der Waals surface area (Å²) in [5, 5.41) is 0. The Morgan fingerprint density at radius 2 is 1.86 bits per heavy atom. The van der Waals surface area contributed by atoms with Gasteiger partial charge in [-0.1, -0.05) is 0 Å². The molecule has 0 aliphatic heterocycles. The quantitative estimate of drug-likeness (QED) is 0.620. The lowest BCUT2D eigenvalue weighted by Crippen LogP contribution is -2.13. The molecular formula is C2H2F3IO. The lowest BCUT2D eigenvalue weighted by molar-refractivity contribution is -0.146. The highest BCUT2D eigenvalue weighted by atomic mass is 127. The van der Waals surface area contributed by atoms with Crippen LogP contribution in [0.1, 0.15) is 0 Å². The first-order chi connectivity index (χ1) is 3.06. The van der Waals surface area contributed by atoms with E-state index in [1.807, 2.05) is 0 Å². The van der Waals surface area contributed by atoms with Crippen molar-refractivity contribution in [2.75, 3.05) is 6.61 Å². The predicted octanol–water partition coefficient (Wildman–Crippen LogP) is 1.92. The highest BCUT2D eigenvalue weighted by Gasteiger charge is 2.26. The van der Waals surface area contributed by atoms with Crippen molar-refractivity contribution in [1.82, 2.24) is 0 Å². The van der Waals surface area contributed by atoms with Gasteiger partial charge in [0.25, 0.3) is 0 Å². The Kier molecular flexibility index (Phi) is 2.89. The van der Waals surface area contributed by atoms with E-state index in [4.69, 9.17) is 0 Å². The minimum Gasteiger partial charge on any atom is -0.306 e. The molecule has 0 spiro atoms. The van der Waals surface area contributed by atoms with Crippen LogP contribution >= 0.6 is 23.0 Å². The Morgan fingerprint density at radius 3 is 1.86 bits per heavy atom. The third kappa shape index (κ3) is 6.48. The highest BCUT2D eigenvalue weighted by Crippen LogP contribution is 2.15. The molecule has 5 heteroatoms. The Balaban J connectivity index is 3.15. The van der Waals surface area contributed by atoms with Gasteiger partial charge in [-0.3, -0.25) is 0 Å². The molecule has 0 aliphatic rings. The average Bonchev–Trinajstić information content (AvgIpc) is 1.30. The van der Waals surface area contributed by atoms with Gasteiger partial charge < -0.3 is 3.07 Å². The topological polar surface area (TPSA) is 9.23 Å². The van der Waals surface area contributed by atoms with Crippen molar-refractivity contribution in [1.29, 1.82) is 0 Å². The van der Waals surface area contributed by atoms with E-state index in [0.717, 1.165) is 0 Å². The monoisotopic (exact) mass is 226 g/mol. The second-order valence-electron chi connectivity index (χ2n) is 0.869. The standard InChI is InChI=1S/C2H2F3IO/c3-2(4,5)1-7-6/h1H2. The van der Waals surface area contributed by atoms with E-state index in [1.54, 1.807) is 0 Å². The van der Waals surface area contributed by atoms with Crippen molar-refractivity contribution in [3.8, 4) is 0 Å². The average molecular weight is 226 g/mol. The largest absolute Gasteiger partial charge is 0.412 e. The molecule has 0 aromatic rings. The summed E-state index contributed by atoms with van der Waals surface area (Å²) in [5.41, 5.74) is 0. The molecule has 0 bridgehead atoms. The van der Waals surface area contributed by atoms with Crippen LogP contribution in [-0.2, 0) is 3.07 Å². The molecule has 0 rings (SSSR count). The molecule has 0 unspecified atom stereocenters. The van der Waals surface area contributed by atoms with Crippen LogP contribution in [0, 0.1) is 0 Å². The summed E-state index contributed by atoms with van der Waals surface area (Å²) in [6, 6.07) is 0. The molecule has 0 amide bonds. The molecule has 0 saturated heterocycles. The maximum atomic E-state index is 10.9. The zero-order chi connectivity index (χ0) is 5.91. The summed E-state index contributed by atoms with van der Waals surface area (Å²) in [4.78, 5) is 0. The van der Waals surface area contributed by atoms with Gasteiger partial charge in [0.1, 0.15) is 23.0 Å². The van der Waals surface area contributed by atoms with Crippen molar-refractivity contribution >= 4 is 23.0 Å². The summed E-state index contributed by atoms with van der Waals surface area (Å²) in [7, 11) is 0. The van der Waals surface area contributed by atoms with Gasteiger partial charge in [0.05, 0.1) is 0 Å². The van der Waals surface area contributed by atoms with Crippen LogP contribution in [0.15, 0.2) is 0 Å². The molecule has 0 heterocycles. The third-order valence-electron chi connectivity index (χ3n) is 0.218. The Morgan fingerprint density at radius 1 is 1.43 bits per heavy atom. The van der Waals surface area contributed by atoms with Crippen molar-refractivity contribution in [2.45, 2.75) is 6.18 Å². The summed E-state index contributed by atoms with van der Waals surface area (Å²) < 4.78 is 36.5.